The normalized spacial score (nSPS) is 12.2. The highest BCUT2D eigenvalue weighted by Gasteiger charge is 2.27. The molecule has 4 nitrogen and oxygen atoms in total. The van der Waals surface area contributed by atoms with Crippen molar-refractivity contribution in [3.8, 4) is 0 Å². The molecule has 18 heavy (non-hydrogen) atoms. The Hall–Kier alpha value is -1.14. The number of aromatic nitrogens is 2. The fraction of sp³-hybridized carbons (Fsp3) is 0.667. The van der Waals surface area contributed by atoms with Gasteiger partial charge in [0.25, 0.3) is 6.43 Å². The Labute approximate surface area is 106 Å². The van der Waals surface area contributed by atoms with E-state index in [4.69, 9.17) is 4.74 Å². The summed E-state index contributed by atoms with van der Waals surface area (Å²) in [5.41, 5.74) is -0.595. The van der Waals surface area contributed by atoms with Crippen LogP contribution in [-0.4, -0.2) is 23.6 Å². The SMILES string of the molecule is CCOC(C)(C)c1ncc(CNC)c(C(F)F)n1. The minimum atomic E-state index is -2.62. The molecular formula is C12H19F2N3O. The quantitative estimate of drug-likeness (QED) is 0.852. The number of nitrogens with one attached hydrogen (secondary N) is 1. The van der Waals surface area contributed by atoms with E-state index in [2.05, 4.69) is 15.3 Å². The lowest BCUT2D eigenvalue weighted by Gasteiger charge is -2.23. The number of hydrogen-bond donors (Lipinski definition) is 1. The van der Waals surface area contributed by atoms with E-state index in [-0.39, 0.29) is 11.5 Å². The minimum Gasteiger partial charge on any atom is -0.368 e. The summed E-state index contributed by atoms with van der Waals surface area (Å²) in [6, 6.07) is 0. The van der Waals surface area contributed by atoms with Gasteiger partial charge in [0.1, 0.15) is 11.3 Å². The lowest BCUT2D eigenvalue weighted by Crippen LogP contribution is -2.26. The Balaban J connectivity index is 3.14. The molecule has 0 aromatic carbocycles. The van der Waals surface area contributed by atoms with E-state index in [0.29, 0.717) is 18.7 Å². The summed E-state index contributed by atoms with van der Waals surface area (Å²) in [5.74, 6) is 0.277. The number of rotatable bonds is 6. The van der Waals surface area contributed by atoms with Gasteiger partial charge in [0.2, 0.25) is 0 Å². The highest BCUT2D eigenvalue weighted by Crippen LogP contribution is 2.26. The zero-order chi connectivity index (χ0) is 13.8. The van der Waals surface area contributed by atoms with Gasteiger partial charge in [-0.25, -0.2) is 18.7 Å². The highest BCUT2D eigenvalue weighted by molar-refractivity contribution is 5.20. The van der Waals surface area contributed by atoms with Crippen molar-refractivity contribution in [1.82, 2.24) is 15.3 Å². The molecule has 0 unspecified atom stereocenters. The average Bonchev–Trinajstić information content (AvgIpc) is 2.29. The molecule has 1 aromatic heterocycles. The van der Waals surface area contributed by atoms with Crippen LogP contribution in [0.5, 0.6) is 0 Å². The molecule has 1 aromatic rings. The van der Waals surface area contributed by atoms with Crippen molar-refractivity contribution in [1.29, 1.82) is 0 Å². The zero-order valence-electron chi connectivity index (χ0n) is 11.1. The molecule has 0 spiro atoms. The molecule has 0 radical (unpaired) electrons. The maximum absolute atomic E-state index is 12.9. The third-order valence-electron chi connectivity index (χ3n) is 2.52. The first kappa shape index (κ1) is 14.9. The predicted octanol–water partition coefficient (Wildman–Crippen LogP) is 2.41. The van der Waals surface area contributed by atoms with Gasteiger partial charge >= 0.3 is 0 Å². The summed E-state index contributed by atoms with van der Waals surface area (Å²) in [6.45, 7) is 6.15. The van der Waals surface area contributed by atoms with Gasteiger partial charge in [-0.1, -0.05) is 0 Å². The summed E-state index contributed by atoms with van der Waals surface area (Å²) in [4.78, 5) is 8.08. The van der Waals surface area contributed by atoms with Gasteiger partial charge in [-0.3, -0.25) is 0 Å². The molecule has 0 bridgehead atoms. The number of halogens is 2. The summed E-state index contributed by atoms with van der Waals surface area (Å²) in [5, 5.41) is 2.82. The van der Waals surface area contributed by atoms with Crippen molar-refractivity contribution in [2.24, 2.45) is 0 Å². The first-order chi connectivity index (χ1) is 8.42. The van der Waals surface area contributed by atoms with Crippen LogP contribution in [0.1, 0.15) is 44.3 Å². The van der Waals surface area contributed by atoms with E-state index < -0.39 is 12.0 Å². The smallest absolute Gasteiger partial charge is 0.280 e. The maximum Gasteiger partial charge on any atom is 0.280 e. The second-order valence-corrected chi connectivity index (χ2v) is 4.38. The van der Waals surface area contributed by atoms with Crippen LogP contribution in [0.3, 0.4) is 0 Å². The van der Waals surface area contributed by atoms with Crippen LogP contribution in [0.2, 0.25) is 0 Å². The molecule has 1 rings (SSSR count). The Bertz CT molecular complexity index is 397. The maximum atomic E-state index is 12.9. The summed E-state index contributed by atoms with van der Waals surface area (Å²) in [6.07, 6.45) is -1.19. The van der Waals surface area contributed by atoms with Crippen LogP contribution in [0, 0.1) is 0 Å². The predicted molar refractivity (Wildman–Crippen MR) is 64.4 cm³/mol. The Morgan fingerprint density at radius 3 is 2.61 bits per heavy atom. The van der Waals surface area contributed by atoms with Crippen molar-refractivity contribution in [3.63, 3.8) is 0 Å². The van der Waals surface area contributed by atoms with E-state index in [1.165, 1.54) is 6.20 Å². The topological polar surface area (TPSA) is 47.0 Å². The first-order valence-electron chi connectivity index (χ1n) is 5.85. The van der Waals surface area contributed by atoms with Gasteiger partial charge in [0, 0.05) is 24.9 Å². The molecular weight excluding hydrogens is 240 g/mol. The van der Waals surface area contributed by atoms with Gasteiger partial charge in [0.15, 0.2) is 5.82 Å². The fourth-order valence-electron chi connectivity index (χ4n) is 1.65. The van der Waals surface area contributed by atoms with Gasteiger partial charge in [0.05, 0.1) is 0 Å². The molecule has 0 atom stereocenters. The summed E-state index contributed by atoms with van der Waals surface area (Å²) >= 11 is 0. The lowest BCUT2D eigenvalue weighted by atomic mass is 10.1. The van der Waals surface area contributed by atoms with Crippen LogP contribution >= 0.6 is 0 Å². The van der Waals surface area contributed by atoms with E-state index in [9.17, 15) is 8.78 Å². The fourth-order valence-corrected chi connectivity index (χ4v) is 1.65. The molecule has 1 N–H and O–H groups in total. The third-order valence-corrected chi connectivity index (χ3v) is 2.52. The van der Waals surface area contributed by atoms with Crippen molar-refractivity contribution >= 4 is 0 Å². The average molecular weight is 259 g/mol. The van der Waals surface area contributed by atoms with E-state index >= 15 is 0 Å². The van der Waals surface area contributed by atoms with Gasteiger partial charge in [-0.2, -0.15) is 0 Å². The molecule has 0 amide bonds. The molecule has 0 aliphatic heterocycles. The second kappa shape index (κ2) is 6.15. The van der Waals surface area contributed by atoms with Crippen LogP contribution in [0.25, 0.3) is 0 Å². The molecule has 1 heterocycles. The highest BCUT2D eigenvalue weighted by atomic mass is 19.3. The molecule has 0 aliphatic rings. The van der Waals surface area contributed by atoms with Crippen LogP contribution < -0.4 is 5.32 Å². The van der Waals surface area contributed by atoms with Gasteiger partial charge in [-0.15, -0.1) is 0 Å². The molecule has 0 fully saturated rings. The molecule has 6 heteroatoms. The molecule has 0 saturated carbocycles. The molecule has 0 saturated heterocycles. The zero-order valence-corrected chi connectivity index (χ0v) is 11.1. The van der Waals surface area contributed by atoms with E-state index in [1.54, 1.807) is 20.9 Å². The minimum absolute atomic E-state index is 0.234. The third kappa shape index (κ3) is 3.43. The molecule has 102 valence electrons. The lowest BCUT2D eigenvalue weighted by molar-refractivity contribution is -0.0214. The van der Waals surface area contributed by atoms with Crippen molar-refractivity contribution in [2.75, 3.05) is 13.7 Å². The van der Waals surface area contributed by atoms with Gasteiger partial charge in [-0.05, 0) is 27.8 Å². The Kier molecular flexibility index (Phi) is 5.10. The van der Waals surface area contributed by atoms with Crippen LogP contribution in [0.15, 0.2) is 6.20 Å². The number of alkyl halides is 2. The first-order valence-corrected chi connectivity index (χ1v) is 5.85. The standard InChI is InChI=1S/C12H19F2N3O/c1-5-18-12(2,3)11-16-7-8(6-15-4)9(17-11)10(13)14/h7,10,15H,5-6H2,1-4H3. The second-order valence-electron chi connectivity index (χ2n) is 4.38. The summed E-state index contributed by atoms with van der Waals surface area (Å²) < 4.78 is 31.4. The number of hydrogen-bond acceptors (Lipinski definition) is 4. The monoisotopic (exact) mass is 259 g/mol. The number of ether oxygens (including phenoxy) is 1. The molecule has 0 aliphatic carbocycles. The van der Waals surface area contributed by atoms with Crippen molar-refractivity contribution in [3.05, 3.63) is 23.3 Å². The Morgan fingerprint density at radius 2 is 2.11 bits per heavy atom. The largest absolute Gasteiger partial charge is 0.368 e. The number of nitrogens with zero attached hydrogens (tertiary/aromatic N) is 2. The van der Waals surface area contributed by atoms with E-state index in [0.717, 1.165) is 0 Å². The van der Waals surface area contributed by atoms with Crippen molar-refractivity contribution < 1.29 is 13.5 Å². The van der Waals surface area contributed by atoms with E-state index in [1.807, 2.05) is 6.92 Å². The van der Waals surface area contributed by atoms with Crippen LogP contribution in [0.4, 0.5) is 8.78 Å². The van der Waals surface area contributed by atoms with Gasteiger partial charge < -0.3 is 10.1 Å². The van der Waals surface area contributed by atoms with Crippen LogP contribution in [-0.2, 0) is 16.9 Å². The summed E-state index contributed by atoms with van der Waals surface area (Å²) in [7, 11) is 1.69. The van der Waals surface area contributed by atoms with Crippen molar-refractivity contribution in [2.45, 2.75) is 39.3 Å². The Morgan fingerprint density at radius 1 is 1.44 bits per heavy atom.